The number of nitrogens with zero attached hydrogens (tertiary/aromatic N) is 4. The summed E-state index contributed by atoms with van der Waals surface area (Å²) in [5.74, 6) is 0. The number of rotatable bonds is 2. The van der Waals surface area contributed by atoms with Crippen LogP contribution in [0.3, 0.4) is 0 Å². The molecule has 1 aliphatic heterocycles. The lowest BCUT2D eigenvalue weighted by atomic mass is 10.0. The fourth-order valence-electron chi connectivity index (χ4n) is 3.52. The van der Waals surface area contributed by atoms with Crippen LogP contribution in [0.25, 0.3) is 22.1 Å². The highest BCUT2D eigenvalue weighted by molar-refractivity contribution is 6.00. The minimum atomic E-state index is -0.233. The normalized spacial score (nSPS) is 15.6. The third kappa shape index (κ3) is 2.52. The molecule has 1 fully saturated rings. The first-order valence-electron chi connectivity index (χ1n) is 8.15. The van der Waals surface area contributed by atoms with Gasteiger partial charge in [-0.1, -0.05) is 0 Å². The molecular weight excluding hydrogens is 322 g/mol. The molecule has 1 saturated heterocycles. The number of aromatic amines is 2. The van der Waals surface area contributed by atoms with Gasteiger partial charge in [0.1, 0.15) is 12.2 Å². The lowest BCUT2D eigenvalue weighted by Gasteiger charge is -2.32. The Morgan fingerprint density at radius 3 is 3.00 bits per heavy atom. The molecule has 0 saturated carbocycles. The summed E-state index contributed by atoms with van der Waals surface area (Å²) in [7, 11) is 0. The minimum absolute atomic E-state index is 0.000853. The van der Waals surface area contributed by atoms with E-state index in [4.69, 9.17) is 5.26 Å². The molecule has 4 heterocycles. The van der Waals surface area contributed by atoms with Gasteiger partial charge >= 0.3 is 11.7 Å². The average Bonchev–Trinajstić information content (AvgIpc) is 3.22. The van der Waals surface area contributed by atoms with Crippen molar-refractivity contribution in [1.82, 2.24) is 29.7 Å². The fraction of sp³-hybridized carbons (Fsp3) is 0.375. The largest absolute Gasteiger partial charge is 0.346 e. The van der Waals surface area contributed by atoms with E-state index in [0.29, 0.717) is 31.4 Å². The molecule has 3 N–H and O–H groups in total. The summed E-state index contributed by atoms with van der Waals surface area (Å²) in [6.07, 6.45) is 4.83. The molecule has 3 aromatic rings. The molecular formula is C16H17N7O2. The van der Waals surface area contributed by atoms with E-state index in [2.05, 4.69) is 20.3 Å². The first-order chi connectivity index (χ1) is 12.2. The molecule has 25 heavy (non-hydrogen) atoms. The summed E-state index contributed by atoms with van der Waals surface area (Å²) in [6.45, 7) is 1.09. The molecule has 2 amide bonds. The van der Waals surface area contributed by atoms with Gasteiger partial charge in [-0.3, -0.25) is 4.57 Å². The number of hydrogen-bond acceptors (Lipinski definition) is 4. The Morgan fingerprint density at radius 2 is 2.24 bits per heavy atom. The maximum absolute atomic E-state index is 12.5. The van der Waals surface area contributed by atoms with E-state index < -0.39 is 0 Å². The summed E-state index contributed by atoms with van der Waals surface area (Å²) in [6, 6.07) is 3.59. The van der Waals surface area contributed by atoms with Gasteiger partial charge < -0.3 is 20.2 Å². The van der Waals surface area contributed by atoms with Crippen molar-refractivity contribution >= 4 is 28.1 Å². The van der Waals surface area contributed by atoms with E-state index in [-0.39, 0.29) is 24.3 Å². The first kappa shape index (κ1) is 15.3. The fourth-order valence-corrected chi connectivity index (χ4v) is 3.52. The number of aromatic nitrogens is 4. The molecule has 0 radical (unpaired) electrons. The molecule has 9 heteroatoms. The zero-order chi connectivity index (χ0) is 17.4. The van der Waals surface area contributed by atoms with Gasteiger partial charge in [0.2, 0.25) is 0 Å². The summed E-state index contributed by atoms with van der Waals surface area (Å²) in [4.78, 5) is 36.4. The number of likely N-dealkylation sites (tertiary alicyclic amines) is 1. The maximum atomic E-state index is 12.5. The number of nitrogens with one attached hydrogen (secondary N) is 3. The van der Waals surface area contributed by atoms with Gasteiger partial charge in [0, 0.05) is 30.7 Å². The van der Waals surface area contributed by atoms with E-state index in [9.17, 15) is 9.59 Å². The number of amides is 2. The van der Waals surface area contributed by atoms with Crippen LogP contribution in [-0.4, -0.2) is 50.1 Å². The number of imidazole rings is 1. The van der Waals surface area contributed by atoms with Gasteiger partial charge in [0.25, 0.3) is 0 Å². The van der Waals surface area contributed by atoms with Crippen LogP contribution in [0.15, 0.2) is 23.3 Å². The summed E-state index contributed by atoms with van der Waals surface area (Å²) in [5, 5.41) is 12.0. The Kier molecular flexibility index (Phi) is 3.65. The number of carbonyl (C=O) groups is 1. The third-order valence-electron chi connectivity index (χ3n) is 4.69. The minimum Gasteiger partial charge on any atom is -0.346 e. The monoisotopic (exact) mass is 339 g/mol. The number of fused-ring (bicyclic) bond motifs is 3. The number of urea groups is 1. The summed E-state index contributed by atoms with van der Waals surface area (Å²) >= 11 is 0. The molecule has 0 bridgehead atoms. The highest BCUT2D eigenvalue weighted by Crippen LogP contribution is 2.28. The van der Waals surface area contributed by atoms with E-state index >= 15 is 0 Å². The zero-order valence-electron chi connectivity index (χ0n) is 13.5. The summed E-state index contributed by atoms with van der Waals surface area (Å²) < 4.78 is 1.79. The van der Waals surface area contributed by atoms with Crippen LogP contribution in [0.2, 0.25) is 0 Å². The predicted molar refractivity (Wildman–Crippen MR) is 91.1 cm³/mol. The Labute approximate surface area is 142 Å². The van der Waals surface area contributed by atoms with Crippen molar-refractivity contribution in [2.75, 3.05) is 19.6 Å². The number of H-pyrrole nitrogens is 2. The van der Waals surface area contributed by atoms with Crippen LogP contribution in [-0.2, 0) is 0 Å². The third-order valence-corrected chi connectivity index (χ3v) is 4.69. The van der Waals surface area contributed by atoms with E-state index in [1.165, 1.54) is 0 Å². The SMILES string of the molecule is N#CCNC(=O)N1CCC(n2c(=O)[nH]c3cnc4[nH]ccc4c32)CC1. The van der Waals surface area contributed by atoms with Gasteiger partial charge in [-0.15, -0.1) is 0 Å². The molecule has 0 aromatic carbocycles. The van der Waals surface area contributed by atoms with Crippen molar-refractivity contribution in [3.05, 3.63) is 28.9 Å². The van der Waals surface area contributed by atoms with Gasteiger partial charge in [0.15, 0.2) is 0 Å². The van der Waals surface area contributed by atoms with Crippen molar-refractivity contribution in [2.45, 2.75) is 18.9 Å². The molecule has 0 unspecified atom stereocenters. The highest BCUT2D eigenvalue weighted by atomic mass is 16.2. The van der Waals surface area contributed by atoms with Crippen LogP contribution in [0.1, 0.15) is 18.9 Å². The van der Waals surface area contributed by atoms with Crippen LogP contribution in [0.5, 0.6) is 0 Å². The quantitative estimate of drug-likeness (QED) is 0.604. The van der Waals surface area contributed by atoms with Gasteiger partial charge in [-0.2, -0.15) is 5.26 Å². The second kappa shape index (κ2) is 5.98. The molecule has 9 nitrogen and oxygen atoms in total. The maximum Gasteiger partial charge on any atom is 0.326 e. The van der Waals surface area contributed by atoms with Crippen LogP contribution < -0.4 is 11.0 Å². The van der Waals surface area contributed by atoms with Crippen molar-refractivity contribution < 1.29 is 4.79 Å². The van der Waals surface area contributed by atoms with Crippen molar-refractivity contribution in [2.24, 2.45) is 0 Å². The standard InChI is InChI=1S/C16H17N7O2/c17-4-6-19-15(24)22-7-2-10(3-8-22)23-13-11-1-5-18-14(11)20-9-12(13)21-16(23)25/h1,5,9-10H,2-3,6-8H2,(H,18,20)(H,19,24)(H,21,25). The van der Waals surface area contributed by atoms with Crippen molar-refractivity contribution in [3.8, 4) is 6.07 Å². The Bertz CT molecular complexity index is 1030. The van der Waals surface area contributed by atoms with E-state index in [0.717, 1.165) is 16.6 Å². The van der Waals surface area contributed by atoms with Crippen molar-refractivity contribution in [1.29, 1.82) is 5.26 Å². The topological polar surface area (TPSA) is 123 Å². The highest BCUT2D eigenvalue weighted by Gasteiger charge is 2.26. The van der Waals surface area contributed by atoms with Gasteiger partial charge in [-0.05, 0) is 18.9 Å². The average molecular weight is 339 g/mol. The zero-order valence-corrected chi connectivity index (χ0v) is 13.5. The predicted octanol–water partition coefficient (Wildman–Crippen LogP) is 1.08. The second-order valence-corrected chi connectivity index (χ2v) is 6.10. The lowest BCUT2D eigenvalue weighted by Crippen LogP contribution is -2.45. The molecule has 0 atom stereocenters. The number of piperidine rings is 1. The van der Waals surface area contributed by atoms with E-state index in [1.54, 1.807) is 21.9 Å². The summed E-state index contributed by atoms with van der Waals surface area (Å²) in [5.41, 5.74) is 2.15. The Balaban J connectivity index is 1.62. The van der Waals surface area contributed by atoms with Crippen LogP contribution in [0.4, 0.5) is 4.79 Å². The molecule has 128 valence electrons. The molecule has 0 aliphatic carbocycles. The van der Waals surface area contributed by atoms with Gasteiger partial charge in [-0.25, -0.2) is 14.6 Å². The number of hydrogen-bond donors (Lipinski definition) is 3. The lowest BCUT2D eigenvalue weighted by molar-refractivity contribution is 0.173. The smallest absolute Gasteiger partial charge is 0.326 e. The Morgan fingerprint density at radius 1 is 1.44 bits per heavy atom. The number of pyridine rings is 1. The van der Waals surface area contributed by atoms with Crippen molar-refractivity contribution in [3.63, 3.8) is 0 Å². The number of carbonyl (C=O) groups excluding carboxylic acids is 1. The first-order valence-corrected chi connectivity index (χ1v) is 8.15. The van der Waals surface area contributed by atoms with Gasteiger partial charge in [0.05, 0.1) is 23.3 Å². The molecule has 0 spiro atoms. The van der Waals surface area contributed by atoms with Crippen LogP contribution in [0, 0.1) is 11.3 Å². The molecule has 3 aromatic heterocycles. The van der Waals surface area contributed by atoms with Crippen LogP contribution >= 0.6 is 0 Å². The molecule has 4 rings (SSSR count). The number of nitriles is 1. The van der Waals surface area contributed by atoms with E-state index in [1.807, 2.05) is 12.1 Å². The molecule has 1 aliphatic rings. The second-order valence-electron chi connectivity index (χ2n) is 6.10. The Hall–Kier alpha value is -3.28.